The van der Waals surface area contributed by atoms with E-state index in [0.717, 1.165) is 5.52 Å². The number of carbonyl (C=O) groups excluding carboxylic acids is 2. The molecule has 0 fully saturated rings. The summed E-state index contributed by atoms with van der Waals surface area (Å²) >= 11 is 0. The van der Waals surface area contributed by atoms with Gasteiger partial charge in [0.1, 0.15) is 11.3 Å². The van der Waals surface area contributed by atoms with Gasteiger partial charge in [-0.1, -0.05) is 17.3 Å². The van der Waals surface area contributed by atoms with Gasteiger partial charge in [0.05, 0.1) is 16.8 Å². The molecule has 2 aromatic carbocycles. The first-order chi connectivity index (χ1) is 13.5. The third kappa shape index (κ3) is 4.40. The number of carbonyl (C=O) groups is 2. The first kappa shape index (κ1) is 19.2. The van der Waals surface area contributed by atoms with Crippen molar-refractivity contribution < 1.29 is 27.8 Å². The summed E-state index contributed by atoms with van der Waals surface area (Å²) in [5.41, 5.74) is 1.55. The molecule has 146 valence electrons. The molecule has 1 amide bonds. The number of ether oxygens (including phenoxy) is 2. The van der Waals surface area contributed by atoms with Gasteiger partial charge in [-0.05, 0) is 37.3 Å². The van der Waals surface area contributed by atoms with Crippen LogP contribution in [-0.2, 0) is 16.1 Å². The molecule has 0 unspecified atom stereocenters. The first-order valence-electron chi connectivity index (χ1n) is 8.32. The maximum Gasteiger partial charge on any atom is 0.387 e. The lowest BCUT2D eigenvalue weighted by molar-refractivity contribution is -0.119. The molecule has 0 atom stereocenters. The van der Waals surface area contributed by atoms with Crippen molar-refractivity contribution in [1.29, 1.82) is 0 Å². The zero-order valence-corrected chi connectivity index (χ0v) is 14.8. The van der Waals surface area contributed by atoms with Crippen LogP contribution in [0, 0.1) is 0 Å². The summed E-state index contributed by atoms with van der Waals surface area (Å²) in [5.74, 6) is -1.61. The van der Waals surface area contributed by atoms with Gasteiger partial charge >= 0.3 is 12.6 Å². The summed E-state index contributed by atoms with van der Waals surface area (Å²) < 4.78 is 35.8. The van der Waals surface area contributed by atoms with E-state index in [2.05, 4.69) is 20.4 Å². The quantitative estimate of drug-likeness (QED) is 0.624. The second-order valence-corrected chi connectivity index (χ2v) is 5.61. The number of aromatic nitrogens is 3. The van der Waals surface area contributed by atoms with Crippen LogP contribution in [0.15, 0.2) is 42.5 Å². The number of benzene rings is 2. The van der Waals surface area contributed by atoms with Crippen LogP contribution in [0.3, 0.4) is 0 Å². The number of rotatable bonds is 7. The van der Waals surface area contributed by atoms with Gasteiger partial charge in [-0.3, -0.25) is 4.79 Å². The summed E-state index contributed by atoms with van der Waals surface area (Å²) in [6.07, 6.45) is 0. The van der Waals surface area contributed by atoms with Gasteiger partial charge in [0.25, 0.3) is 5.91 Å². The number of amides is 1. The van der Waals surface area contributed by atoms with E-state index in [0.29, 0.717) is 12.1 Å². The Bertz CT molecular complexity index is 1010. The van der Waals surface area contributed by atoms with E-state index in [1.165, 1.54) is 24.3 Å². The summed E-state index contributed by atoms with van der Waals surface area (Å²) in [7, 11) is 0. The van der Waals surface area contributed by atoms with Gasteiger partial charge in [0.15, 0.2) is 6.61 Å². The smallest absolute Gasteiger partial charge is 0.387 e. The number of esters is 1. The molecule has 28 heavy (non-hydrogen) atoms. The predicted octanol–water partition coefficient (Wildman–Crippen LogP) is 2.85. The van der Waals surface area contributed by atoms with Crippen LogP contribution in [0.1, 0.15) is 17.3 Å². The standard InChI is InChI=1S/C18H16F2N4O4/c1-2-24-14-8-7-11(9-13(14)22-23-24)17(26)27-10-16(25)21-12-5-3-4-6-15(12)28-18(19)20/h3-9,18H,2,10H2,1H3,(H,21,25). The third-order valence-corrected chi connectivity index (χ3v) is 3.76. The number of hydrogen-bond donors (Lipinski definition) is 1. The predicted molar refractivity (Wildman–Crippen MR) is 95.2 cm³/mol. The van der Waals surface area contributed by atoms with E-state index in [1.54, 1.807) is 22.9 Å². The molecular weight excluding hydrogens is 374 g/mol. The fraction of sp³-hybridized carbons (Fsp3) is 0.222. The Hall–Kier alpha value is -3.56. The van der Waals surface area contributed by atoms with E-state index in [9.17, 15) is 18.4 Å². The largest absolute Gasteiger partial charge is 0.452 e. The zero-order valence-electron chi connectivity index (χ0n) is 14.8. The fourth-order valence-corrected chi connectivity index (χ4v) is 2.50. The lowest BCUT2D eigenvalue weighted by Crippen LogP contribution is -2.21. The van der Waals surface area contributed by atoms with Crippen LogP contribution in [0.5, 0.6) is 5.75 Å². The van der Waals surface area contributed by atoms with E-state index >= 15 is 0 Å². The number of fused-ring (bicyclic) bond motifs is 1. The second kappa shape index (κ2) is 8.42. The van der Waals surface area contributed by atoms with Gasteiger partial charge in [-0.25, -0.2) is 9.48 Å². The van der Waals surface area contributed by atoms with Crippen molar-refractivity contribution in [2.24, 2.45) is 0 Å². The normalized spacial score (nSPS) is 10.9. The Labute approximate surface area is 158 Å². The topological polar surface area (TPSA) is 95.3 Å². The molecule has 3 rings (SSSR count). The lowest BCUT2D eigenvalue weighted by Gasteiger charge is -2.11. The summed E-state index contributed by atoms with van der Waals surface area (Å²) in [6.45, 7) is -1.07. The molecule has 10 heteroatoms. The van der Waals surface area contributed by atoms with Crippen molar-refractivity contribution in [3.63, 3.8) is 0 Å². The minimum absolute atomic E-state index is 0.0430. The average Bonchev–Trinajstić information content (AvgIpc) is 3.09. The maximum absolute atomic E-state index is 12.4. The third-order valence-electron chi connectivity index (χ3n) is 3.76. The van der Waals surface area contributed by atoms with Crippen LogP contribution < -0.4 is 10.1 Å². The average molecular weight is 390 g/mol. The lowest BCUT2D eigenvalue weighted by atomic mass is 10.2. The highest BCUT2D eigenvalue weighted by Crippen LogP contribution is 2.25. The number of alkyl halides is 2. The van der Waals surface area contributed by atoms with E-state index in [1.807, 2.05) is 6.92 Å². The Kier molecular flexibility index (Phi) is 5.78. The molecule has 0 aliphatic rings. The number of anilines is 1. The van der Waals surface area contributed by atoms with Crippen LogP contribution in [-0.4, -0.2) is 40.1 Å². The Morgan fingerprint density at radius 2 is 2.00 bits per heavy atom. The van der Waals surface area contributed by atoms with Crippen LogP contribution in [0.4, 0.5) is 14.5 Å². The molecule has 1 N–H and O–H groups in total. The van der Waals surface area contributed by atoms with Crippen molar-refractivity contribution in [3.8, 4) is 5.75 Å². The minimum atomic E-state index is -3.03. The first-order valence-corrected chi connectivity index (χ1v) is 8.32. The minimum Gasteiger partial charge on any atom is -0.452 e. The van der Waals surface area contributed by atoms with Crippen LogP contribution in [0.25, 0.3) is 11.0 Å². The molecule has 0 spiro atoms. The van der Waals surface area contributed by atoms with Crippen molar-refractivity contribution in [3.05, 3.63) is 48.0 Å². The summed E-state index contributed by atoms with van der Waals surface area (Å²) in [6, 6.07) is 10.4. The molecule has 8 nitrogen and oxygen atoms in total. The van der Waals surface area contributed by atoms with E-state index < -0.39 is 25.1 Å². The van der Waals surface area contributed by atoms with Crippen molar-refractivity contribution in [1.82, 2.24) is 15.0 Å². The van der Waals surface area contributed by atoms with Crippen LogP contribution in [0.2, 0.25) is 0 Å². The van der Waals surface area contributed by atoms with E-state index in [-0.39, 0.29) is 17.0 Å². The molecule has 3 aromatic rings. The molecule has 1 aromatic heterocycles. The van der Waals surface area contributed by atoms with Gasteiger partial charge in [-0.2, -0.15) is 8.78 Å². The zero-order chi connectivity index (χ0) is 20.1. The molecular formula is C18H16F2N4O4. The van der Waals surface area contributed by atoms with E-state index in [4.69, 9.17) is 4.74 Å². The Morgan fingerprint density at radius 3 is 2.75 bits per heavy atom. The number of para-hydroxylation sites is 2. The Balaban J connectivity index is 1.61. The van der Waals surface area contributed by atoms with Gasteiger partial charge in [0.2, 0.25) is 0 Å². The number of aryl methyl sites for hydroxylation is 1. The van der Waals surface area contributed by atoms with Gasteiger partial charge in [-0.15, -0.1) is 5.10 Å². The number of nitrogens with one attached hydrogen (secondary N) is 1. The van der Waals surface area contributed by atoms with Crippen molar-refractivity contribution in [2.75, 3.05) is 11.9 Å². The molecule has 0 aliphatic carbocycles. The second-order valence-electron chi connectivity index (χ2n) is 5.61. The van der Waals surface area contributed by atoms with Crippen LogP contribution >= 0.6 is 0 Å². The fourth-order valence-electron chi connectivity index (χ4n) is 2.50. The maximum atomic E-state index is 12.4. The highest BCUT2D eigenvalue weighted by molar-refractivity contribution is 5.97. The Morgan fingerprint density at radius 1 is 1.21 bits per heavy atom. The monoisotopic (exact) mass is 390 g/mol. The highest BCUT2D eigenvalue weighted by atomic mass is 19.3. The van der Waals surface area contributed by atoms with Crippen molar-refractivity contribution >= 4 is 28.6 Å². The molecule has 0 aliphatic heterocycles. The summed E-state index contributed by atoms with van der Waals surface area (Å²) in [5, 5.41) is 10.3. The molecule has 1 heterocycles. The number of halogens is 2. The summed E-state index contributed by atoms with van der Waals surface area (Å²) in [4.78, 5) is 24.1. The SMILES string of the molecule is CCn1nnc2cc(C(=O)OCC(=O)Nc3ccccc3OC(F)F)ccc21. The van der Waals surface area contributed by atoms with Gasteiger partial charge in [0, 0.05) is 6.54 Å². The highest BCUT2D eigenvalue weighted by Gasteiger charge is 2.15. The molecule has 0 saturated carbocycles. The van der Waals surface area contributed by atoms with Crippen molar-refractivity contribution in [2.45, 2.75) is 20.1 Å². The number of nitrogens with zero attached hydrogens (tertiary/aromatic N) is 3. The van der Waals surface area contributed by atoms with Gasteiger partial charge < -0.3 is 14.8 Å². The number of hydrogen-bond acceptors (Lipinski definition) is 6. The molecule has 0 radical (unpaired) electrons. The molecule has 0 bridgehead atoms. The molecule has 0 saturated heterocycles.